The van der Waals surface area contributed by atoms with Gasteiger partial charge in [-0.2, -0.15) is 4.98 Å². The molecular formula is C20H22N6O2S. The van der Waals surface area contributed by atoms with E-state index in [0.717, 1.165) is 16.9 Å². The summed E-state index contributed by atoms with van der Waals surface area (Å²) in [5.41, 5.74) is 3.06. The highest BCUT2D eigenvalue weighted by Crippen LogP contribution is 2.27. The highest BCUT2D eigenvalue weighted by Gasteiger charge is 2.14. The van der Waals surface area contributed by atoms with Gasteiger partial charge in [0.05, 0.1) is 5.69 Å². The summed E-state index contributed by atoms with van der Waals surface area (Å²) in [5, 5.41) is 13.6. The van der Waals surface area contributed by atoms with Crippen molar-refractivity contribution in [2.45, 2.75) is 20.3 Å². The lowest BCUT2D eigenvalue weighted by Gasteiger charge is -2.12. The number of benzene rings is 1. The smallest absolute Gasteiger partial charge is 0.263 e. The molecule has 0 atom stereocenters. The van der Waals surface area contributed by atoms with E-state index in [9.17, 15) is 9.59 Å². The summed E-state index contributed by atoms with van der Waals surface area (Å²) in [4.78, 5) is 32.9. The Balaban J connectivity index is 1.75. The average Bonchev–Trinajstić information content (AvgIpc) is 3.19. The molecule has 2 amide bonds. The molecule has 3 aromatic rings. The van der Waals surface area contributed by atoms with Crippen LogP contribution in [0, 0.1) is 6.92 Å². The van der Waals surface area contributed by atoms with Crippen LogP contribution in [0.15, 0.2) is 41.9 Å². The number of rotatable bonds is 7. The van der Waals surface area contributed by atoms with Gasteiger partial charge in [0, 0.05) is 36.6 Å². The van der Waals surface area contributed by atoms with Crippen molar-refractivity contribution in [3.05, 3.63) is 52.3 Å². The Morgan fingerprint density at radius 3 is 2.48 bits per heavy atom. The van der Waals surface area contributed by atoms with E-state index in [1.165, 1.54) is 11.3 Å². The molecule has 2 aromatic heterocycles. The molecule has 4 N–H and O–H groups in total. The fourth-order valence-electron chi connectivity index (χ4n) is 2.47. The van der Waals surface area contributed by atoms with Gasteiger partial charge in [-0.05, 0) is 42.6 Å². The number of aryl methyl sites for hydroxylation is 1. The second-order valence-corrected chi connectivity index (χ2v) is 7.11. The zero-order valence-electron chi connectivity index (χ0n) is 16.4. The van der Waals surface area contributed by atoms with Crippen LogP contribution in [-0.2, 0) is 4.79 Å². The molecule has 0 unspecified atom stereocenters. The van der Waals surface area contributed by atoms with Gasteiger partial charge in [-0.1, -0.05) is 6.92 Å². The van der Waals surface area contributed by atoms with Gasteiger partial charge in [0.25, 0.3) is 5.91 Å². The van der Waals surface area contributed by atoms with E-state index < -0.39 is 0 Å². The van der Waals surface area contributed by atoms with Gasteiger partial charge in [0.1, 0.15) is 10.7 Å². The highest BCUT2D eigenvalue weighted by atomic mass is 32.1. The second-order valence-electron chi connectivity index (χ2n) is 6.20. The zero-order chi connectivity index (χ0) is 20.8. The molecule has 0 radical (unpaired) electrons. The van der Waals surface area contributed by atoms with Crippen molar-refractivity contribution in [1.29, 1.82) is 0 Å². The first kappa shape index (κ1) is 20.3. The largest absolute Gasteiger partial charge is 0.354 e. The fraction of sp³-hybridized carbons (Fsp3) is 0.200. The quantitative estimate of drug-likeness (QED) is 0.468. The lowest BCUT2D eigenvalue weighted by atomic mass is 10.2. The van der Waals surface area contributed by atoms with Gasteiger partial charge in [-0.3, -0.25) is 9.59 Å². The summed E-state index contributed by atoms with van der Waals surface area (Å²) in [6.45, 7) is 3.70. The molecule has 1 aromatic carbocycles. The third-order valence-corrected chi connectivity index (χ3v) is 4.98. The Labute approximate surface area is 172 Å². The normalized spacial score (nSPS) is 10.3. The summed E-state index contributed by atoms with van der Waals surface area (Å²) < 4.78 is 0. The molecule has 0 saturated heterocycles. The third kappa shape index (κ3) is 5.08. The maximum Gasteiger partial charge on any atom is 0.263 e. The number of hydrogen-bond donors (Lipinski definition) is 4. The van der Waals surface area contributed by atoms with E-state index in [2.05, 4.69) is 31.2 Å². The number of hydrogen-bond acceptors (Lipinski definition) is 7. The molecule has 150 valence electrons. The van der Waals surface area contributed by atoms with Gasteiger partial charge in [-0.15, -0.1) is 11.3 Å². The summed E-state index contributed by atoms with van der Waals surface area (Å²) in [5.74, 6) is 0.841. The number of anilines is 5. The number of thiophene rings is 1. The molecule has 0 bridgehead atoms. The molecule has 3 rings (SSSR count). The Hall–Kier alpha value is -3.46. The van der Waals surface area contributed by atoms with Crippen molar-refractivity contribution in [3.8, 4) is 0 Å². The molecule has 0 fully saturated rings. The molecule has 0 saturated carbocycles. The fourth-order valence-corrected chi connectivity index (χ4v) is 3.26. The Morgan fingerprint density at radius 1 is 1.07 bits per heavy atom. The van der Waals surface area contributed by atoms with Crippen LogP contribution >= 0.6 is 11.3 Å². The van der Waals surface area contributed by atoms with Crippen LogP contribution in [0.3, 0.4) is 0 Å². The predicted molar refractivity (Wildman–Crippen MR) is 116 cm³/mol. The number of carbonyl (C=O) groups is 2. The molecule has 0 aliphatic heterocycles. The van der Waals surface area contributed by atoms with Crippen molar-refractivity contribution in [3.63, 3.8) is 0 Å². The summed E-state index contributed by atoms with van der Waals surface area (Å²) in [6, 6.07) is 9.13. The maximum atomic E-state index is 12.0. The number of nitrogens with zero attached hydrogens (tertiary/aromatic N) is 2. The lowest BCUT2D eigenvalue weighted by Crippen LogP contribution is -2.17. The van der Waals surface area contributed by atoms with Crippen LogP contribution in [-0.4, -0.2) is 28.8 Å². The standard InChI is InChI=1S/C20H22N6O2S/c1-4-16(27)23-13-5-7-14(8-6-13)24-20-22-11-12(2)18(26-20)25-15-9-10-29-17(15)19(28)21-3/h5-11H,4H2,1-3H3,(H,21,28)(H,23,27)(H2,22,24,25,26). The van der Waals surface area contributed by atoms with Crippen LogP contribution in [0.1, 0.15) is 28.6 Å². The van der Waals surface area contributed by atoms with Gasteiger partial charge in [0.2, 0.25) is 11.9 Å². The summed E-state index contributed by atoms with van der Waals surface area (Å²) in [6.07, 6.45) is 2.14. The SMILES string of the molecule is CCC(=O)Nc1ccc(Nc2ncc(C)c(Nc3ccsc3C(=O)NC)n2)cc1. The first-order valence-corrected chi connectivity index (χ1v) is 9.95. The van der Waals surface area contributed by atoms with Crippen molar-refractivity contribution in [2.24, 2.45) is 0 Å². The molecule has 0 aliphatic carbocycles. The van der Waals surface area contributed by atoms with Crippen molar-refractivity contribution < 1.29 is 9.59 Å². The van der Waals surface area contributed by atoms with E-state index in [-0.39, 0.29) is 11.8 Å². The van der Waals surface area contributed by atoms with E-state index in [1.54, 1.807) is 20.2 Å². The lowest BCUT2D eigenvalue weighted by molar-refractivity contribution is -0.115. The van der Waals surface area contributed by atoms with Gasteiger partial charge in [-0.25, -0.2) is 4.98 Å². The Bertz CT molecular complexity index is 1020. The van der Waals surface area contributed by atoms with Gasteiger partial charge >= 0.3 is 0 Å². The molecule has 29 heavy (non-hydrogen) atoms. The third-order valence-electron chi connectivity index (χ3n) is 4.07. The minimum absolute atomic E-state index is 0.0344. The topological polar surface area (TPSA) is 108 Å². The Kier molecular flexibility index (Phi) is 6.40. The van der Waals surface area contributed by atoms with Gasteiger partial charge < -0.3 is 21.3 Å². The molecule has 2 heterocycles. The Morgan fingerprint density at radius 2 is 1.79 bits per heavy atom. The van der Waals surface area contributed by atoms with E-state index in [0.29, 0.717) is 28.8 Å². The first-order chi connectivity index (χ1) is 14.0. The molecule has 0 spiro atoms. The summed E-state index contributed by atoms with van der Waals surface area (Å²) in [7, 11) is 1.60. The zero-order valence-corrected chi connectivity index (χ0v) is 17.2. The highest BCUT2D eigenvalue weighted by molar-refractivity contribution is 7.12. The van der Waals surface area contributed by atoms with Crippen LogP contribution < -0.4 is 21.3 Å². The van der Waals surface area contributed by atoms with Crippen molar-refractivity contribution >= 4 is 52.0 Å². The van der Waals surface area contributed by atoms with E-state index in [4.69, 9.17) is 0 Å². The monoisotopic (exact) mass is 410 g/mol. The molecule has 8 nitrogen and oxygen atoms in total. The maximum absolute atomic E-state index is 12.0. The number of nitrogens with one attached hydrogen (secondary N) is 4. The van der Waals surface area contributed by atoms with Crippen LogP contribution in [0.4, 0.5) is 28.8 Å². The number of amides is 2. The number of carbonyl (C=O) groups excluding carboxylic acids is 2. The summed E-state index contributed by atoms with van der Waals surface area (Å²) >= 11 is 1.36. The van der Waals surface area contributed by atoms with E-state index >= 15 is 0 Å². The molecular weight excluding hydrogens is 388 g/mol. The second kappa shape index (κ2) is 9.16. The number of aromatic nitrogens is 2. The van der Waals surface area contributed by atoms with Crippen LogP contribution in [0.5, 0.6) is 0 Å². The van der Waals surface area contributed by atoms with Crippen LogP contribution in [0.25, 0.3) is 0 Å². The predicted octanol–water partition coefficient (Wildman–Crippen LogP) is 4.04. The minimum Gasteiger partial charge on any atom is -0.354 e. The molecule has 0 aliphatic rings. The van der Waals surface area contributed by atoms with Crippen molar-refractivity contribution in [2.75, 3.05) is 23.0 Å². The molecule has 9 heteroatoms. The first-order valence-electron chi connectivity index (χ1n) is 9.07. The van der Waals surface area contributed by atoms with Crippen LogP contribution in [0.2, 0.25) is 0 Å². The minimum atomic E-state index is -0.150. The van der Waals surface area contributed by atoms with Gasteiger partial charge in [0.15, 0.2) is 0 Å². The average molecular weight is 411 g/mol. The van der Waals surface area contributed by atoms with E-state index in [1.807, 2.05) is 42.6 Å². The van der Waals surface area contributed by atoms with Crippen molar-refractivity contribution in [1.82, 2.24) is 15.3 Å².